The van der Waals surface area contributed by atoms with Gasteiger partial charge in [-0.2, -0.15) is 16.9 Å². The number of aromatic nitrogens is 4. The maximum Gasteiger partial charge on any atom is 0.481 e. The number of fused-ring (bicyclic) bond motifs is 1. The second-order valence-corrected chi connectivity index (χ2v) is 15.5. The van der Waals surface area contributed by atoms with Crippen LogP contribution in [-0.4, -0.2) is 136 Å². The Morgan fingerprint density at radius 2 is 1.76 bits per heavy atom. The van der Waals surface area contributed by atoms with Gasteiger partial charge in [0.2, 0.25) is 11.8 Å². The molecule has 1 aliphatic heterocycles. The number of carbonyl (C=O) groups is 2. The Morgan fingerprint density at radius 1 is 1.10 bits per heavy atom. The van der Waals surface area contributed by atoms with Gasteiger partial charge in [-0.05, 0) is 0 Å². The number of carbonyl (C=O) groups excluding carboxylic acids is 2. The van der Waals surface area contributed by atoms with Gasteiger partial charge in [0.05, 0.1) is 19.5 Å². The molecule has 0 saturated carbocycles. The van der Waals surface area contributed by atoms with Crippen molar-refractivity contribution in [1.82, 2.24) is 30.2 Å². The van der Waals surface area contributed by atoms with Gasteiger partial charge in [-0.25, -0.2) is 28.6 Å². The Labute approximate surface area is 295 Å². The summed E-state index contributed by atoms with van der Waals surface area (Å²) >= 11 is 3.95. The van der Waals surface area contributed by atoms with E-state index in [1.807, 2.05) is 0 Å². The van der Waals surface area contributed by atoms with E-state index >= 15 is 0 Å². The zero-order valence-corrected chi connectivity index (χ0v) is 29.8. The van der Waals surface area contributed by atoms with Crippen molar-refractivity contribution in [3.8, 4) is 0 Å². The number of hydrogen-bond donors (Lipinski definition) is 10. The van der Waals surface area contributed by atoms with E-state index in [1.54, 1.807) is 0 Å². The fourth-order valence-corrected chi connectivity index (χ4v) is 7.08. The fourth-order valence-electron chi connectivity index (χ4n) is 4.14. The van der Waals surface area contributed by atoms with Crippen LogP contribution in [0.3, 0.4) is 0 Å². The summed E-state index contributed by atoms with van der Waals surface area (Å²) in [4.78, 5) is 74.6. The van der Waals surface area contributed by atoms with Crippen molar-refractivity contribution >= 4 is 83.8 Å². The summed E-state index contributed by atoms with van der Waals surface area (Å²) in [5, 5.41) is 26.1. The van der Waals surface area contributed by atoms with Gasteiger partial charge in [-0.1, -0.05) is 13.8 Å². The summed E-state index contributed by atoms with van der Waals surface area (Å²) in [6, 6.07) is 0. The van der Waals surface area contributed by atoms with Crippen molar-refractivity contribution in [2.24, 2.45) is 5.41 Å². The zero-order chi connectivity index (χ0) is 36.1. The molecule has 2 unspecified atom stereocenters. The smallest absolute Gasteiger partial charge is 0.386 e. The van der Waals surface area contributed by atoms with Crippen molar-refractivity contribution in [3.63, 3.8) is 0 Å². The van der Waals surface area contributed by atoms with Crippen LogP contribution >= 0.6 is 36.1 Å². The molecule has 2 amide bonds. The molecule has 1 saturated heterocycles. The molecule has 23 nitrogen and oxygen atoms in total. The summed E-state index contributed by atoms with van der Waals surface area (Å²) in [7, 11) is -16.3. The number of anilines is 1. The van der Waals surface area contributed by atoms with Crippen LogP contribution < -0.4 is 16.4 Å². The number of rotatable bonds is 18. The summed E-state index contributed by atoms with van der Waals surface area (Å²) in [6.07, 6.45) is -6.74. The number of ether oxygens (including phenoxy) is 1. The Balaban J connectivity index is 0.00000833. The molecule has 1 radical (unpaired) electrons. The second kappa shape index (κ2) is 17.8. The van der Waals surface area contributed by atoms with Crippen molar-refractivity contribution in [2.75, 3.05) is 37.8 Å². The maximum atomic E-state index is 12.6. The molecule has 3 rings (SSSR count). The number of nitrogens with two attached hydrogens (primary N) is 1. The monoisotopic (exact) mass is 774 g/mol. The predicted octanol–water partition coefficient (Wildman–Crippen LogP) is -2.05. The number of thiol groups is 1. The SMILES string of the molecule is CC(C)(COP(=O)(O)OP(=O)(O)OC[C@H]1O[C@@H](n2cnc3c(N)ncnc32)[C@H](O)[C@@H]1OP(=O)(O)O)[C@@H](O)C(=O)NCCC(=O)NCCS.[Li]. The number of hydrogen-bond acceptors (Lipinski definition) is 17. The van der Waals surface area contributed by atoms with Gasteiger partial charge in [0.1, 0.15) is 36.3 Å². The molecule has 0 spiro atoms. The minimum Gasteiger partial charge on any atom is -0.386 e. The van der Waals surface area contributed by atoms with Crippen molar-refractivity contribution < 1.29 is 75.7 Å². The number of imidazole rings is 1. The molecule has 0 bridgehead atoms. The van der Waals surface area contributed by atoms with E-state index in [1.165, 1.54) is 13.8 Å². The van der Waals surface area contributed by atoms with Crippen LogP contribution in [0.2, 0.25) is 0 Å². The molecule has 2 aromatic rings. The summed E-state index contributed by atoms with van der Waals surface area (Å²) < 4.78 is 61.7. The average molecular weight is 774 g/mol. The number of phosphoric ester groups is 3. The third-order valence-corrected chi connectivity index (χ3v) is 9.83. The van der Waals surface area contributed by atoms with E-state index in [-0.39, 0.29) is 54.7 Å². The van der Waals surface area contributed by atoms with E-state index < -0.39 is 78.6 Å². The van der Waals surface area contributed by atoms with E-state index in [2.05, 4.69) is 47.0 Å². The van der Waals surface area contributed by atoms with Gasteiger partial charge in [0, 0.05) is 49.5 Å². The van der Waals surface area contributed by atoms with Crippen molar-refractivity contribution in [1.29, 1.82) is 0 Å². The zero-order valence-electron chi connectivity index (χ0n) is 26.2. The molecule has 2 aromatic heterocycles. The Bertz CT molecular complexity index is 1600. The summed E-state index contributed by atoms with van der Waals surface area (Å²) in [6.45, 7) is 0.723. The van der Waals surface area contributed by atoms with Crippen LogP contribution in [0.25, 0.3) is 11.2 Å². The molecular formula is C21H36LiN7O16P3S. The molecular weight excluding hydrogens is 738 g/mol. The molecule has 1 fully saturated rings. The largest absolute Gasteiger partial charge is 0.481 e. The predicted molar refractivity (Wildman–Crippen MR) is 169 cm³/mol. The number of nitrogens with zero attached hydrogens (tertiary/aromatic N) is 4. The first-order chi connectivity index (χ1) is 22.2. The van der Waals surface area contributed by atoms with Gasteiger partial charge >= 0.3 is 23.5 Å². The molecule has 49 heavy (non-hydrogen) atoms. The van der Waals surface area contributed by atoms with Crippen molar-refractivity contribution in [2.45, 2.75) is 50.9 Å². The van der Waals surface area contributed by atoms with E-state index in [4.69, 9.17) is 19.5 Å². The summed E-state index contributed by atoms with van der Waals surface area (Å²) in [5.41, 5.74) is 4.30. The first kappa shape index (κ1) is 43.7. The Kier molecular flexibility index (Phi) is 15.9. The van der Waals surface area contributed by atoms with E-state index in [0.29, 0.717) is 12.3 Å². The third-order valence-electron chi connectivity index (χ3n) is 6.51. The van der Waals surface area contributed by atoms with Gasteiger partial charge in [0.15, 0.2) is 17.7 Å². The number of aliphatic hydroxyl groups excluding tert-OH is 2. The van der Waals surface area contributed by atoms with Crippen molar-refractivity contribution in [3.05, 3.63) is 12.7 Å². The number of amides is 2. The molecule has 28 heteroatoms. The van der Waals surface area contributed by atoms with Crippen LogP contribution in [0.5, 0.6) is 0 Å². The first-order valence-electron chi connectivity index (χ1n) is 13.7. The van der Waals surface area contributed by atoms with Crippen LogP contribution in [0.15, 0.2) is 12.7 Å². The molecule has 3 heterocycles. The minimum absolute atomic E-state index is 0. The number of aliphatic hydroxyl groups is 2. The topological polar surface area (TPSA) is 347 Å². The van der Waals surface area contributed by atoms with Gasteiger partial charge in [-0.3, -0.25) is 27.7 Å². The molecule has 7 atom stereocenters. The minimum atomic E-state index is -5.54. The first-order valence-corrected chi connectivity index (χ1v) is 18.8. The van der Waals surface area contributed by atoms with Gasteiger partial charge in [-0.15, -0.1) is 0 Å². The fraction of sp³-hybridized carbons (Fsp3) is 0.667. The Hall–Kier alpha value is -1.51. The molecule has 0 aliphatic carbocycles. The number of nitrogens with one attached hydrogen (secondary N) is 2. The molecule has 273 valence electrons. The molecule has 10 N–H and O–H groups in total. The number of phosphoric acid groups is 3. The maximum absolute atomic E-state index is 12.6. The normalized spacial score (nSPS) is 22.9. The van der Waals surface area contributed by atoms with Gasteiger partial charge in [0.25, 0.3) is 0 Å². The van der Waals surface area contributed by atoms with Crippen LogP contribution in [0, 0.1) is 5.41 Å². The second-order valence-electron chi connectivity index (χ2n) is 10.8. The third kappa shape index (κ3) is 12.6. The molecule has 0 aromatic carbocycles. The van der Waals surface area contributed by atoms with E-state index in [9.17, 15) is 53.1 Å². The average Bonchev–Trinajstić information content (AvgIpc) is 3.54. The van der Waals surface area contributed by atoms with Crippen LogP contribution in [0.1, 0.15) is 26.5 Å². The van der Waals surface area contributed by atoms with Crippen LogP contribution in [0.4, 0.5) is 5.82 Å². The van der Waals surface area contributed by atoms with Gasteiger partial charge < -0.3 is 50.9 Å². The van der Waals surface area contributed by atoms with Crippen LogP contribution in [-0.2, 0) is 45.9 Å². The number of nitrogen functional groups attached to an aromatic ring is 1. The standard InChI is InChI=1S/C21H36N7O16P3S.Li/c1-21(2,16(31)19(32)24-4-3-12(29)23-5-6-48)8-41-47(38,39)44-46(36,37)40-7-11-15(43-45(33,34)35)14(30)20(42-11)28-10-27-13-17(22)25-9-26-18(13)28;/h9-11,14-16,20,30-31,48H,3-8H2,1-2H3,(H,23,29)(H,24,32)(H,36,37)(H,38,39)(H2,22,25,26)(H2,33,34,35);/t11-,14-,15-,16+,20-;/m1./s1. The quantitative estimate of drug-likeness (QED) is 0.0443. The summed E-state index contributed by atoms with van der Waals surface area (Å²) in [5.74, 6) is -0.943. The molecule has 1 aliphatic rings. The Morgan fingerprint density at radius 3 is 2.39 bits per heavy atom. The van der Waals surface area contributed by atoms with E-state index in [0.717, 1.165) is 17.2 Å².